The number of carboxylic acid groups (broad SMARTS) is 1. The summed E-state index contributed by atoms with van der Waals surface area (Å²) >= 11 is 0. The van der Waals surface area contributed by atoms with Gasteiger partial charge in [0.25, 0.3) is 0 Å². The van der Waals surface area contributed by atoms with Gasteiger partial charge in [0.1, 0.15) is 17.2 Å². The van der Waals surface area contributed by atoms with Crippen molar-refractivity contribution in [2.24, 2.45) is 0 Å². The van der Waals surface area contributed by atoms with Gasteiger partial charge in [0.05, 0.1) is 40.6 Å². The molecule has 0 spiro atoms. The van der Waals surface area contributed by atoms with Crippen LogP contribution in [0.15, 0.2) is 54.6 Å². The Kier molecular flexibility index (Phi) is 12.8. The van der Waals surface area contributed by atoms with Crippen molar-refractivity contribution in [3.8, 4) is 17.2 Å². The molecule has 0 heterocycles. The molecule has 3 atom stereocenters. The van der Waals surface area contributed by atoms with Crippen molar-refractivity contribution in [2.45, 2.75) is 114 Å². The van der Waals surface area contributed by atoms with Gasteiger partial charge in [0, 0.05) is 16.2 Å². The highest BCUT2D eigenvalue weighted by Gasteiger charge is 2.37. The number of carbonyl (C=O) groups is 3. The van der Waals surface area contributed by atoms with Crippen LogP contribution in [0.4, 0.5) is 0 Å². The molecular weight excluding hydrogens is 648 g/mol. The van der Waals surface area contributed by atoms with E-state index in [-0.39, 0.29) is 46.1 Å². The summed E-state index contributed by atoms with van der Waals surface area (Å²) < 4.78 is 14.8. The maximum atomic E-state index is 11.5. The lowest BCUT2D eigenvalue weighted by molar-refractivity contribution is -0.143. The average molecular weight is 703 g/mol. The molecule has 0 saturated heterocycles. The van der Waals surface area contributed by atoms with E-state index < -0.39 is 5.97 Å². The van der Waals surface area contributed by atoms with Crippen molar-refractivity contribution in [1.82, 2.24) is 0 Å². The van der Waals surface area contributed by atoms with Gasteiger partial charge in [-0.2, -0.15) is 0 Å². The number of esters is 2. The predicted molar refractivity (Wildman–Crippen MR) is 196 cm³/mol. The largest absolute Gasteiger partial charge is 0.508 e. The molecule has 51 heavy (non-hydrogen) atoms. The predicted octanol–water partition coefficient (Wildman–Crippen LogP) is 7.86. The van der Waals surface area contributed by atoms with Crippen molar-refractivity contribution < 1.29 is 43.9 Å². The van der Waals surface area contributed by atoms with Crippen LogP contribution in [0.5, 0.6) is 17.2 Å². The molecular formula is C42H54O9. The molecule has 0 amide bonds. The zero-order valence-corrected chi connectivity index (χ0v) is 31.0. The van der Waals surface area contributed by atoms with Crippen LogP contribution in [0, 0.1) is 0 Å². The molecule has 3 aromatic carbocycles. The fourth-order valence-corrected chi connectivity index (χ4v) is 8.23. The monoisotopic (exact) mass is 702 g/mol. The number of benzene rings is 3. The van der Waals surface area contributed by atoms with Gasteiger partial charge in [-0.05, 0) is 128 Å². The summed E-state index contributed by atoms with van der Waals surface area (Å²) in [5, 5.41) is 28.2. The molecule has 9 nitrogen and oxygen atoms in total. The minimum Gasteiger partial charge on any atom is -0.508 e. The number of phenolic OH excluding ortho intramolecular Hbond substituents is 2. The smallest absolute Gasteiger partial charge is 0.306 e. The maximum Gasteiger partial charge on any atom is 0.306 e. The standard InChI is InChI=1S/3C14H18O3/c1-14(9-13(15)16)7-3-4-10-5-6-11(17-2)8-12(10)14;2*1-14(9-13(16)17-2)7-3-4-10-5-6-11(15)8-12(10)14/h5-6,8H,3-4,7,9H2,1-2H3,(H,15,16);2*5-6,8,15H,3-4,7,9H2,1-2H3/t;2*14-/m.10/s1. The molecule has 0 saturated carbocycles. The zero-order chi connectivity index (χ0) is 37.4. The van der Waals surface area contributed by atoms with Gasteiger partial charge in [-0.25, -0.2) is 0 Å². The normalized spacial score (nSPS) is 22.9. The number of fused-ring (bicyclic) bond motifs is 3. The SMILES string of the molecule is COC(=O)C[C@@]1(C)CCCc2ccc(O)cc21.COC(=O)C[C@]1(C)CCCc2ccc(O)cc21.COc1ccc2c(c1)C(C)(CC(=O)O)CCC2. The molecule has 0 fully saturated rings. The molecule has 0 aliphatic heterocycles. The number of aryl methyl sites for hydroxylation is 3. The van der Waals surface area contributed by atoms with Crippen LogP contribution >= 0.6 is 0 Å². The van der Waals surface area contributed by atoms with Crippen molar-refractivity contribution in [2.75, 3.05) is 21.3 Å². The second kappa shape index (κ2) is 16.7. The third-order valence-corrected chi connectivity index (χ3v) is 11.0. The van der Waals surface area contributed by atoms with Gasteiger partial charge in [0.15, 0.2) is 0 Å². The van der Waals surface area contributed by atoms with E-state index in [2.05, 4.69) is 19.9 Å². The first-order valence-corrected chi connectivity index (χ1v) is 17.8. The van der Waals surface area contributed by atoms with Crippen molar-refractivity contribution >= 4 is 17.9 Å². The van der Waals surface area contributed by atoms with Crippen LogP contribution in [0.3, 0.4) is 0 Å². The molecule has 3 aromatic rings. The number of carboxylic acids is 1. The third kappa shape index (κ3) is 9.63. The van der Waals surface area contributed by atoms with E-state index in [1.165, 1.54) is 30.9 Å². The fourth-order valence-electron chi connectivity index (χ4n) is 8.23. The van der Waals surface area contributed by atoms with Gasteiger partial charge < -0.3 is 29.5 Å². The summed E-state index contributed by atoms with van der Waals surface area (Å²) in [6.07, 6.45) is 10.1. The van der Waals surface area contributed by atoms with Gasteiger partial charge in [-0.1, -0.05) is 39.0 Å². The Balaban J connectivity index is 0.000000172. The number of rotatable bonds is 7. The molecule has 0 radical (unpaired) electrons. The first-order chi connectivity index (χ1) is 24.1. The van der Waals surface area contributed by atoms with Crippen LogP contribution in [0.25, 0.3) is 0 Å². The molecule has 3 aliphatic carbocycles. The van der Waals surface area contributed by atoms with Gasteiger partial charge in [0.2, 0.25) is 0 Å². The van der Waals surface area contributed by atoms with Crippen LogP contribution in [-0.4, -0.2) is 54.6 Å². The zero-order valence-electron chi connectivity index (χ0n) is 31.0. The Labute approximate surface area is 302 Å². The number of aliphatic carboxylic acids is 1. The number of aromatic hydroxyl groups is 2. The topological polar surface area (TPSA) is 140 Å². The van der Waals surface area contributed by atoms with Crippen LogP contribution in [-0.2, 0) is 59.4 Å². The Hall–Kier alpha value is -4.53. The van der Waals surface area contributed by atoms with E-state index in [0.29, 0.717) is 12.8 Å². The molecule has 276 valence electrons. The number of ether oxygens (including phenoxy) is 3. The molecule has 3 N–H and O–H groups in total. The number of hydrogen-bond acceptors (Lipinski definition) is 8. The number of hydrogen-bond donors (Lipinski definition) is 3. The molecule has 1 unspecified atom stereocenters. The summed E-state index contributed by atoms with van der Waals surface area (Å²) in [6.45, 7) is 6.18. The van der Waals surface area contributed by atoms with E-state index in [1.807, 2.05) is 31.2 Å². The average Bonchev–Trinajstić information content (AvgIpc) is 3.09. The van der Waals surface area contributed by atoms with Gasteiger partial charge in [-0.3, -0.25) is 14.4 Å². The Morgan fingerprint density at radius 2 is 0.961 bits per heavy atom. The lowest BCUT2D eigenvalue weighted by Crippen LogP contribution is -2.30. The van der Waals surface area contributed by atoms with Crippen LogP contribution in [0.2, 0.25) is 0 Å². The van der Waals surface area contributed by atoms with E-state index in [1.54, 1.807) is 31.4 Å². The van der Waals surface area contributed by atoms with Gasteiger partial charge >= 0.3 is 17.9 Å². The van der Waals surface area contributed by atoms with E-state index in [4.69, 9.17) is 19.3 Å². The Morgan fingerprint density at radius 3 is 1.33 bits per heavy atom. The molecule has 0 aromatic heterocycles. The van der Waals surface area contributed by atoms with Crippen molar-refractivity contribution in [3.63, 3.8) is 0 Å². The highest BCUT2D eigenvalue weighted by Crippen LogP contribution is 2.43. The highest BCUT2D eigenvalue weighted by molar-refractivity contribution is 5.72. The van der Waals surface area contributed by atoms with Crippen LogP contribution < -0.4 is 4.74 Å². The van der Waals surface area contributed by atoms with Crippen LogP contribution in [0.1, 0.15) is 112 Å². The Morgan fingerprint density at radius 1 is 0.588 bits per heavy atom. The van der Waals surface area contributed by atoms with E-state index in [0.717, 1.165) is 80.2 Å². The fraction of sp³-hybridized carbons (Fsp3) is 0.500. The number of carbonyl (C=O) groups excluding carboxylic acids is 2. The molecule has 6 rings (SSSR count). The van der Waals surface area contributed by atoms with Crippen molar-refractivity contribution in [1.29, 1.82) is 0 Å². The lowest BCUT2D eigenvalue weighted by atomic mass is 9.69. The summed E-state index contributed by atoms with van der Waals surface area (Å²) in [6, 6.07) is 16.9. The van der Waals surface area contributed by atoms with Crippen molar-refractivity contribution in [3.05, 3.63) is 88.0 Å². The molecule has 3 aliphatic rings. The summed E-state index contributed by atoms with van der Waals surface area (Å²) in [4.78, 5) is 34.0. The van der Waals surface area contributed by atoms with E-state index >= 15 is 0 Å². The quantitative estimate of drug-likeness (QED) is 0.210. The first-order valence-electron chi connectivity index (χ1n) is 17.8. The summed E-state index contributed by atoms with van der Waals surface area (Å²) in [5.74, 6) is 0.223. The second-order valence-corrected chi connectivity index (χ2v) is 15.0. The minimum atomic E-state index is -0.733. The summed E-state index contributed by atoms with van der Waals surface area (Å²) in [5.41, 5.74) is 6.39. The number of phenols is 2. The first kappa shape index (κ1) is 39.3. The third-order valence-electron chi connectivity index (χ3n) is 11.0. The number of methoxy groups -OCH3 is 3. The highest BCUT2D eigenvalue weighted by atomic mass is 16.5. The molecule has 9 heteroatoms. The Bertz CT molecular complexity index is 1630. The van der Waals surface area contributed by atoms with Gasteiger partial charge in [-0.15, -0.1) is 0 Å². The minimum absolute atomic E-state index is 0.188. The lowest BCUT2D eigenvalue weighted by Gasteiger charge is -2.35. The second-order valence-electron chi connectivity index (χ2n) is 15.0. The summed E-state index contributed by atoms with van der Waals surface area (Å²) in [7, 11) is 4.47. The van der Waals surface area contributed by atoms with E-state index in [9.17, 15) is 24.6 Å². The maximum absolute atomic E-state index is 11.5. The molecule has 0 bridgehead atoms.